The smallest absolute Gasteiger partial charge is 0.413 e. The number of hydrogen-bond donors (Lipinski definition) is 2. The lowest BCUT2D eigenvalue weighted by atomic mass is 9.95. The standard InChI is InChI=1S/C19H24N6O3/c1-19(2,3)23-18(26)28-14-10-21-17-15(14)22-12(9-20-17)16-11-7-5-6-8-13(11)24(4)25(16)27/h9-10H,5-8H2,1-4H3,(H,20,21)(H,23,26). The first-order chi connectivity index (χ1) is 13.2. The normalized spacial score (nSPS) is 14.1. The molecule has 0 saturated carbocycles. The van der Waals surface area contributed by atoms with Gasteiger partial charge in [0.25, 0.3) is 5.69 Å². The SMILES string of the molecule is Cn1c2c(c(-c3cnc4[nH]cc(OC(=O)NC(C)(C)C)c4n3)[n+]1[O-])CCCC2. The second-order valence-electron chi connectivity index (χ2n) is 8.15. The van der Waals surface area contributed by atoms with Gasteiger partial charge in [0.1, 0.15) is 0 Å². The van der Waals surface area contributed by atoms with Crippen LogP contribution in [0.3, 0.4) is 0 Å². The van der Waals surface area contributed by atoms with Gasteiger partial charge in [-0.15, -0.1) is 4.68 Å². The van der Waals surface area contributed by atoms with Crippen molar-refractivity contribution >= 4 is 17.3 Å². The summed E-state index contributed by atoms with van der Waals surface area (Å²) in [6.45, 7) is 5.60. The number of hydrogen-bond acceptors (Lipinski definition) is 5. The average Bonchev–Trinajstić information content (AvgIpc) is 3.13. The molecule has 3 aromatic heterocycles. The van der Waals surface area contributed by atoms with Crippen LogP contribution in [0.2, 0.25) is 0 Å². The third-order valence-corrected chi connectivity index (χ3v) is 4.85. The van der Waals surface area contributed by atoms with Crippen LogP contribution in [0.5, 0.6) is 5.75 Å². The number of carbonyl (C=O) groups is 1. The van der Waals surface area contributed by atoms with Crippen molar-refractivity contribution in [1.82, 2.24) is 25.0 Å². The Morgan fingerprint density at radius 3 is 2.86 bits per heavy atom. The van der Waals surface area contributed by atoms with Crippen molar-refractivity contribution in [3.8, 4) is 17.1 Å². The molecule has 1 amide bonds. The van der Waals surface area contributed by atoms with E-state index in [0.29, 0.717) is 22.6 Å². The molecule has 3 aromatic rings. The summed E-state index contributed by atoms with van der Waals surface area (Å²) in [7, 11) is 1.77. The summed E-state index contributed by atoms with van der Waals surface area (Å²) < 4.78 is 7.05. The minimum Gasteiger partial charge on any atom is -0.595 e. The van der Waals surface area contributed by atoms with Crippen LogP contribution < -0.4 is 14.9 Å². The third kappa shape index (κ3) is 3.17. The van der Waals surface area contributed by atoms with Crippen LogP contribution in [-0.4, -0.2) is 31.3 Å². The molecular weight excluding hydrogens is 360 g/mol. The van der Waals surface area contributed by atoms with E-state index in [2.05, 4.69) is 20.3 Å². The monoisotopic (exact) mass is 384 g/mol. The minimum absolute atomic E-state index is 0.272. The Hall–Kier alpha value is -3.10. The van der Waals surface area contributed by atoms with Gasteiger partial charge in [-0.3, -0.25) is 0 Å². The molecule has 28 heavy (non-hydrogen) atoms. The van der Waals surface area contributed by atoms with E-state index >= 15 is 0 Å². The van der Waals surface area contributed by atoms with Gasteiger partial charge in [0.15, 0.2) is 22.6 Å². The van der Waals surface area contributed by atoms with Crippen LogP contribution in [0.25, 0.3) is 22.6 Å². The van der Waals surface area contributed by atoms with Gasteiger partial charge in [-0.05, 0) is 46.5 Å². The van der Waals surface area contributed by atoms with E-state index in [1.807, 2.05) is 20.8 Å². The number of nitrogens with one attached hydrogen (secondary N) is 2. The number of H-pyrrole nitrogens is 1. The Kier molecular flexibility index (Phi) is 4.24. The Morgan fingerprint density at radius 2 is 2.11 bits per heavy atom. The third-order valence-electron chi connectivity index (χ3n) is 4.85. The second kappa shape index (κ2) is 6.50. The highest BCUT2D eigenvalue weighted by Gasteiger charge is 2.30. The number of nitrogens with zero attached hydrogens (tertiary/aromatic N) is 4. The van der Waals surface area contributed by atoms with Gasteiger partial charge in [-0.2, -0.15) is 0 Å². The van der Waals surface area contributed by atoms with E-state index in [1.54, 1.807) is 24.1 Å². The maximum atomic E-state index is 12.8. The summed E-state index contributed by atoms with van der Waals surface area (Å²) in [5.41, 5.74) is 3.56. The first kappa shape index (κ1) is 18.3. The van der Waals surface area contributed by atoms with Crippen molar-refractivity contribution in [3.63, 3.8) is 0 Å². The molecule has 9 nitrogen and oxygen atoms in total. The zero-order valence-corrected chi connectivity index (χ0v) is 16.5. The van der Waals surface area contributed by atoms with E-state index < -0.39 is 11.6 Å². The highest BCUT2D eigenvalue weighted by Crippen LogP contribution is 2.30. The quantitative estimate of drug-likeness (QED) is 0.520. The molecule has 148 valence electrons. The van der Waals surface area contributed by atoms with Gasteiger partial charge in [0.2, 0.25) is 0 Å². The summed E-state index contributed by atoms with van der Waals surface area (Å²) in [4.78, 5) is 24.9. The van der Waals surface area contributed by atoms with Gasteiger partial charge in [-0.1, -0.05) is 4.85 Å². The Balaban J connectivity index is 1.74. The van der Waals surface area contributed by atoms with Crippen LogP contribution in [0.1, 0.15) is 44.9 Å². The fourth-order valence-corrected chi connectivity index (χ4v) is 3.62. The zero-order valence-electron chi connectivity index (χ0n) is 16.5. The van der Waals surface area contributed by atoms with Crippen molar-refractivity contribution < 1.29 is 14.4 Å². The highest BCUT2D eigenvalue weighted by molar-refractivity contribution is 5.84. The molecule has 0 aromatic carbocycles. The second-order valence-corrected chi connectivity index (χ2v) is 8.15. The first-order valence-electron chi connectivity index (χ1n) is 9.39. The van der Waals surface area contributed by atoms with Crippen molar-refractivity contribution in [2.24, 2.45) is 7.05 Å². The molecule has 0 saturated heterocycles. The lowest BCUT2D eigenvalue weighted by molar-refractivity contribution is -0.682. The molecule has 0 fully saturated rings. The van der Waals surface area contributed by atoms with Crippen LogP contribution in [0, 0.1) is 5.21 Å². The maximum Gasteiger partial charge on any atom is 0.413 e. The van der Waals surface area contributed by atoms with E-state index in [-0.39, 0.29) is 5.75 Å². The van der Waals surface area contributed by atoms with Gasteiger partial charge in [0, 0.05) is 11.7 Å². The Bertz CT molecular complexity index is 1060. The molecule has 0 bridgehead atoms. The molecule has 2 N–H and O–H groups in total. The Labute approximate surface area is 162 Å². The van der Waals surface area contributed by atoms with E-state index in [4.69, 9.17) is 4.74 Å². The van der Waals surface area contributed by atoms with Crippen LogP contribution >= 0.6 is 0 Å². The summed E-state index contributed by atoms with van der Waals surface area (Å²) in [6, 6.07) is 0. The Morgan fingerprint density at radius 1 is 1.36 bits per heavy atom. The zero-order chi connectivity index (χ0) is 20.1. The number of aromatic amines is 1. The first-order valence-corrected chi connectivity index (χ1v) is 9.39. The minimum atomic E-state index is -0.573. The molecule has 3 heterocycles. The van der Waals surface area contributed by atoms with Gasteiger partial charge < -0.3 is 20.2 Å². The van der Waals surface area contributed by atoms with Crippen LogP contribution in [-0.2, 0) is 19.9 Å². The fraction of sp³-hybridized carbons (Fsp3) is 0.474. The summed E-state index contributed by atoms with van der Waals surface area (Å²) >= 11 is 0. The van der Waals surface area contributed by atoms with Gasteiger partial charge in [0.05, 0.1) is 24.5 Å². The fourth-order valence-electron chi connectivity index (χ4n) is 3.62. The lowest BCUT2D eigenvalue weighted by Crippen LogP contribution is -2.42. The number of amides is 1. The van der Waals surface area contributed by atoms with Gasteiger partial charge in [-0.25, -0.2) is 14.8 Å². The van der Waals surface area contributed by atoms with Crippen molar-refractivity contribution in [2.45, 2.75) is 52.0 Å². The summed E-state index contributed by atoms with van der Waals surface area (Å²) in [5, 5.41) is 15.5. The number of rotatable bonds is 2. The molecular formula is C19H24N6O3. The molecule has 1 aliphatic carbocycles. The molecule has 4 rings (SSSR count). The summed E-state index contributed by atoms with van der Waals surface area (Å²) in [6.07, 6.45) is 6.40. The largest absolute Gasteiger partial charge is 0.595 e. The van der Waals surface area contributed by atoms with Crippen molar-refractivity contribution in [1.29, 1.82) is 0 Å². The average molecular weight is 384 g/mol. The molecule has 0 spiro atoms. The highest BCUT2D eigenvalue weighted by atomic mass is 16.6. The molecule has 0 radical (unpaired) electrons. The molecule has 0 atom stereocenters. The van der Waals surface area contributed by atoms with Crippen molar-refractivity contribution in [3.05, 3.63) is 28.9 Å². The molecule has 1 aliphatic rings. The predicted octanol–water partition coefficient (Wildman–Crippen LogP) is 2.36. The van der Waals surface area contributed by atoms with Crippen molar-refractivity contribution in [2.75, 3.05) is 0 Å². The van der Waals surface area contributed by atoms with E-state index in [1.165, 1.54) is 0 Å². The molecule has 9 heteroatoms. The van der Waals surface area contributed by atoms with Gasteiger partial charge >= 0.3 is 6.09 Å². The summed E-state index contributed by atoms with van der Waals surface area (Å²) in [5.74, 6) is 0.272. The van der Waals surface area contributed by atoms with Crippen LogP contribution in [0.4, 0.5) is 4.79 Å². The molecule has 0 aliphatic heterocycles. The lowest BCUT2D eigenvalue weighted by Gasteiger charge is -2.19. The number of ether oxygens (including phenoxy) is 1. The van der Waals surface area contributed by atoms with E-state index in [0.717, 1.165) is 41.8 Å². The number of aromatic nitrogens is 5. The number of carbonyl (C=O) groups excluding carboxylic acids is 1. The van der Waals surface area contributed by atoms with E-state index in [9.17, 15) is 10.0 Å². The number of fused-ring (bicyclic) bond motifs is 2. The van der Waals surface area contributed by atoms with Crippen LogP contribution in [0.15, 0.2) is 12.4 Å². The maximum absolute atomic E-state index is 12.8. The molecule has 0 unspecified atom stereocenters. The topological polar surface area (TPSA) is 112 Å². The predicted molar refractivity (Wildman–Crippen MR) is 103 cm³/mol.